The lowest BCUT2D eigenvalue weighted by molar-refractivity contribution is 0.430. The molecule has 2 N–H and O–H groups in total. The highest BCUT2D eigenvalue weighted by Crippen LogP contribution is 2.22. The summed E-state index contributed by atoms with van der Waals surface area (Å²) in [5.41, 5.74) is 3.92. The molecule has 0 aliphatic carbocycles. The van der Waals surface area contributed by atoms with Crippen LogP contribution in [0.3, 0.4) is 0 Å². The lowest BCUT2D eigenvalue weighted by Gasteiger charge is -2.25. The maximum atomic E-state index is 3.53. The van der Waals surface area contributed by atoms with Gasteiger partial charge < -0.3 is 10.6 Å². The van der Waals surface area contributed by atoms with Crippen molar-refractivity contribution in [3.8, 4) is 11.1 Å². The van der Waals surface area contributed by atoms with Crippen LogP contribution in [-0.2, 0) is 0 Å². The fourth-order valence-corrected chi connectivity index (χ4v) is 2.43. The molecule has 0 unspecified atom stereocenters. The number of benzene rings is 2. The van der Waals surface area contributed by atoms with Gasteiger partial charge in [-0.15, -0.1) is 12.4 Å². The second-order valence-corrected chi connectivity index (χ2v) is 4.70. The van der Waals surface area contributed by atoms with Crippen LogP contribution in [-0.4, -0.2) is 19.6 Å². The summed E-state index contributed by atoms with van der Waals surface area (Å²) in [4.78, 5) is 0. The topological polar surface area (TPSA) is 24.1 Å². The van der Waals surface area contributed by atoms with Crippen molar-refractivity contribution in [1.29, 1.82) is 0 Å². The molecule has 0 bridgehead atoms. The van der Waals surface area contributed by atoms with Gasteiger partial charge in [0.25, 0.3) is 0 Å². The summed E-state index contributed by atoms with van der Waals surface area (Å²) < 4.78 is 0. The maximum absolute atomic E-state index is 3.53. The van der Waals surface area contributed by atoms with Crippen molar-refractivity contribution in [2.24, 2.45) is 0 Å². The Morgan fingerprint density at radius 3 is 2.11 bits per heavy atom. The first kappa shape index (κ1) is 14.1. The summed E-state index contributed by atoms with van der Waals surface area (Å²) in [5, 5.41) is 6.95. The van der Waals surface area contributed by atoms with Crippen molar-refractivity contribution in [2.45, 2.75) is 6.04 Å². The molecule has 0 spiro atoms. The van der Waals surface area contributed by atoms with E-state index in [4.69, 9.17) is 0 Å². The van der Waals surface area contributed by atoms with Crippen molar-refractivity contribution in [2.75, 3.05) is 19.6 Å². The first-order chi connectivity index (χ1) is 8.93. The van der Waals surface area contributed by atoms with Crippen LogP contribution in [0.1, 0.15) is 11.6 Å². The predicted molar refractivity (Wildman–Crippen MR) is 82.7 cm³/mol. The van der Waals surface area contributed by atoms with E-state index in [-0.39, 0.29) is 12.4 Å². The van der Waals surface area contributed by atoms with Gasteiger partial charge in [-0.05, 0) is 16.7 Å². The van der Waals surface area contributed by atoms with Crippen molar-refractivity contribution in [3.05, 3.63) is 60.2 Å². The summed E-state index contributed by atoms with van der Waals surface area (Å²) in [6, 6.07) is 19.8. The Balaban J connectivity index is 0.00000133. The Labute approximate surface area is 120 Å². The normalized spacial score (nSPS) is 18.6. The fraction of sp³-hybridized carbons (Fsp3) is 0.250. The third-order valence-electron chi connectivity index (χ3n) is 3.46. The van der Waals surface area contributed by atoms with Crippen LogP contribution in [0.15, 0.2) is 54.6 Å². The molecule has 2 aromatic carbocycles. The smallest absolute Gasteiger partial charge is 0.0447 e. The van der Waals surface area contributed by atoms with Gasteiger partial charge in [0.05, 0.1) is 0 Å². The molecule has 0 aromatic heterocycles. The summed E-state index contributed by atoms with van der Waals surface area (Å²) in [6.07, 6.45) is 0. The molecule has 0 radical (unpaired) electrons. The first-order valence-corrected chi connectivity index (χ1v) is 6.53. The highest BCUT2D eigenvalue weighted by Gasteiger charge is 2.13. The molecule has 3 rings (SSSR count). The molecule has 3 heteroatoms. The lowest BCUT2D eigenvalue weighted by Crippen LogP contribution is -2.42. The number of hydrogen-bond acceptors (Lipinski definition) is 2. The number of halogens is 1. The Morgan fingerprint density at radius 2 is 1.47 bits per heavy atom. The molecule has 2 aromatic rings. The zero-order chi connectivity index (χ0) is 12.2. The average molecular weight is 275 g/mol. The quantitative estimate of drug-likeness (QED) is 0.880. The largest absolute Gasteiger partial charge is 0.314 e. The van der Waals surface area contributed by atoms with Crippen LogP contribution in [0, 0.1) is 0 Å². The molecule has 1 saturated heterocycles. The van der Waals surface area contributed by atoms with E-state index in [0.29, 0.717) is 6.04 Å². The van der Waals surface area contributed by atoms with Gasteiger partial charge in [-0.3, -0.25) is 0 Å². The number of piperazine rings is 1. The van der Waals surface area contributed by atoms with E-state index >= 15 is 0 Å². The molecule has 1 atom stereocenters. The zero-order valence-electron chi connectivity index (χ0n) is 10.8. The van der Waals surface area contributed by atoms with Crippen LogP contribution in [0.5, 0.6) is 0 Å². The second kappa shape index (κ2) is 6.71. The zero-order valence-corrected chi connectivity index (χ0v) is 11.6. The standard InChI is InChI=1S/C16H18N2.ClH/c1-2-4-13(5-3-1)14-6-8-15(9-7-14)16-12-17-10-11-18-16;/h1-9,16-18H,10-12H2;1H/t16-;/m1./s1. The van der Waals surface area contributed by atoms with Crippen molar-refractivity contribution in [1.82, 2.24) is 10.6 Å². The van der Waals surface area contributed by atoms with E-state index in [1.807, 2.05) is 0 Å². The molecule has 19 heavy (non-hydrogen) atoms. The van der Waals surface area contributed by atoms with Gasteiger partial charge in [-0.2, -0.15) is 0 Å². The molecule has 1 fully saturated rings. The highest BCUT2D eigenvalue weighted by atomic mass is 35.5. The van der Waals surface area contributed by atoms with Crippen molar-refractivity contribution in [3.63, 3.8) is 0 Å². The fourth-order valence-electron chi connectivity index (χ4n) is 2.43. The third kappa shape index (κ3) is 3.35. The van der Waals surface area contributed by atoms with Gasteiger partial charge in [0.1, 0.15) is 0 Å². The summed E-state index contributed by atoms with van der Waals surface area (Å²) in [6.45, 7) is 3.13. The van der Waals surface area contributed by atoms with Crippen LogP contribution in [0.4, 0.5) is 0 Å². The van der Waals surface area contributed by atoms with E-state index in [1.165, 1.54) is 16.7 Å². The summed E-state index contributed by atoms with van der Waals surface area (Å²) in [5.74, 6) is 0. The first-order valence-electron chi connectivity index (χ1n) is 6.53. The van der Waals surface area contributed by atoms with Gasteiger partial charge in [-0.25, -0.2) is 0 Å². The van der Waals surface area contributed by atoms with Crippen LogP contribution >= 0.6 is 12.4 Å². The van der Waals surface area contributed by atoms with Crippen molar-refractivity contribution < 1.29 is 0 Å². The molecule has 0 saturated carbocycles. The average Bonchev–Trinajstić information content (AvgIpc) is 2.49. The molecule has 1 aliphatic rings. The molecule has 100 valence electrons. The van der Waals surface area contributed by atoms with Gasteiger partial charge in [0.15, 0.2) is 0 Å². The molecular formula is C16H19ClN2. The van der Waals surface area contributed by atoms with Crippen LogP contribution in [0.2, 0.25) is 0 Å². The van der Waals surface area contributed by atoms with Gasteiger partial charge in [0, 0.05) is 25.7 Å². The number of nitrogens with one attached hydrogen (secondary N) is 2. The van der Waals surface area contributed by atoms with Crippen LogP contribution < -0.4 is 10.6 Å². The SMILES string of the molecule is Cl.c1ccc(-c2ccc([C@H]3CNCCN3)cc2)cc1. The maximum Gasteiger partial charge on any atom is 0.0447 e. The van der Waals surface area contributed by atoms with E-state index in [1.54, 1.807) is 0 Å². The van der Waals surface area contributed by atoms with Gasteiger partial charge in [-0.1, -0.05) is 54.6 Å². The number of rotatable bonds is 2. The summed E-state index contributed by atoms with van der Waals surface area (Å²) in [7, 11) is 0. The second-order valence-electron chi connectivity index (χ2n) is 4.70. The predicted octanol–water partition coefficient (Wildman–Crippen LogP) is 3.01. The van der Waals surface area contributed by atoms with E-state index in [0.717, 1.165) is 19.6 Å². The molecule has 0 amide bonds. The lowest BCUT2D eigenvalue weighted by atomic mass is 10.00. The Kier molecular flexibility index (Phi) is 4.97. The Morgan fingerprint density at radius 1 is 0.789 bits per heavy atom. The minimum atomic E-state index is 0. The van der Waals surface area contributed by atoms with E-state index < -0.39 is 0 Å². The van der Waals surface area contributed by atoms with Crippen LogP contribution in [0.25, 0.3) is 11.1 Å². The highest BCUT2D eigenvalue weighted by molar-refractivity contribution is 5.85. The van der Waals surface area contributed by atoms with E-state index in [9.17, 15) is 0 Å². The Bertz CT molecular complexity index is 490. The summed E-state index contributed by atoms with van der Waals surface area (Å²) >= 11 is 0. The molecule has 1 heterocycles. The Hall–Kier alpha value is -1.35. The van der Waals surface area contributed by atoms with Gasteiger partial charge >= 0.3 is 0 Å². The van der Waals surface area contributed by atoms with Crippen molar-refractivity contribution >= 4 is 12.4 Å². The van der Waals surface area contributed by atoms with E-state index in [2.05, 4.69) is 65.2 Å². The minimum absolute atomic E-state index is 0. The third-order valence-corrected chi connectivity index (χ3v) is 3.46. The molecule has 1 aliphatic heterocycles. The molecular weight excluding hydrogens is 256 g/mol. The van der Waals surface area contributed by atoms with Gasteiger partial charge in [0.2, 0.25) is 0 Å². The monoisotopic (exact) mass is 274 g/mol. The minimum Gasteiger partial charge on any atom is -0.314 e. The number of hydrogen-bond donors (Lipinski definition) is 2. The molecule has 2 nitrogen and oxygen atoms in total.